The summed E-state index contributed by atoms with van der Waals surface area (Å²) in [5.41, 5.74) is 10.4. The third-order valence-corrected chi connectivity index (χ3v) is 8.50. The van der Waals surface area contributed by atoms with Crippen molar-refractivity contribution in [1.29, 1.82) is 0 Å². The summed E-state index contributed by atoms with van der Waals surface area (Å²) in [4.78, 5) is 5.05. The zero-order valence-corrected chi connectivity index (χ0v) is 24.0. The van der Waals surface area contributed by atoms with Crippen molar-refractivity contribution in [3.63, 3.8) is 0 Å². The predicted molar refractivity (Wildman–Crippen MR) is 183 cm³/mol. The van der Waals surface area contributed by atoms with Crippen LogP contribution in [0.25, 0.3) is 71.4 Å². The lowest BCUT2D eigenvalue weighted by Gasteiger charge is -2.18. The molecule has 6 aromatic carbocycles. The second kappa shape index (κ2) is 10.4. The average Bonchev–Trinajstić information content (AvgIpc) is 3.07. The summed E-state index contributed by atoms with van der Waals surface area (Å²) in [5.74, 6) is 0. The maximum absolute atomic E-state index is 5.05. The highest BCUT2D eigenvalue weighted by Gasteiger charge is 2.17. The number of aromatic nitrogens is 1. The molecule has 7 aromatic rings. The van der Waals surface area contributed by atoms with Gasteiger partial charge in [-0.15, -0.1) is 0 Å². The Bertz CT molecular complexity index is 2200. The minimum atomic E-state index is 0.854. The molecule has 0 aliphatic carbocycles. The highest BCUT2D eigenvalue weighted by atomic mass is 14.8. The monoisotopic (exact) mass is 550 g/mol. The topological polar surface area (TPSA) is 24.9 Å². The highest BCUT2D eigenvalue weighted by molar-refractivity contribution is 6.21. The second-order valence-corrected chi connectivity index (χ2v) is 11.3. The Morgan fingerprint density at radius 1 is 0.535 bits per heavy atom. The summed E-state index contributed by atoms with van der Waals surface area (Å²) in [6.45, 7) is 3.01. The van der Waals surface area contributed by atoms with Gasteiger partial charge in [-0.2, -0.15) is 0 Å². The van der Waals surface area contributed by atoms with Crippen LogP contribution in [-0.4, -0.2) is 11.5 Å². The minimum absolute atomic E-state index is 0.854. The number of dihydropyridines is 1. The lowest BCUT2D eigenvalue weighted by atomic mass is 9.85. The summed E-state index contributed by atoms with van der Waals surface area (Å²) in [7, 11) is 0. The third-order valence-electron chi connectivity index (χ3n) is 8.50. The van der Waals surface area contributed by atoms with Crippen molar-refractivity contribution in [2.45, 2.75) is 6.92 Å². The van der Waals surface area contributed by atoms with E-state index < -0.39 is 0 Å². The van der Waals surface area contributed by atoms with Crippen molar-refractivity contribution in [3.8, 4) is 33.5 Å². The molecule has 2 nitrogen and oxygen atoms in total. The van der Waals surface area contributed by atoms with Gasteiger partial charge >= 0.3 is 0 Å². The van der Waals surface area contributed by atoms with Gasteiger partial charge in [0.2, 0.25) is 0 Å². The molecule has 43 heavy (non-hydrogen) atoms. The molecule has 0 radical (unpaired) electrons. The van der Waals surface area contributed by atoms with Crippen molar-refractivity contribution >= 4 is 37.9 Å². The fourth-order valence-corrected chi connectivity index (χ4v) is 6.49. The number of nitrogens with one attached hydrogen (secondary N) is 1. The van der Waals surface area contributed by atoms with Crippen LogP contribution in [0, 0.1) is 6.92 Å². The highest BCUT2D eigenvalue weighted by Crippen LogP contribution is 2.44. The van der Waals surface area contributed by atoms with Crippen LogP contribution in [0.2, 0.25) is 0 Å². The number of allylic oxidation sites excluding steroid dienone is 2. The predicted octanol–water partition coefficient (Wildman–Crippen LogP) is 10.4. The molecule has 0 saturated heterocycles. The van der Waals surface area contributed by atoms with E-state index in [1.807, 2.05) is 6.20 Å². The molecule has 0 atom stereocenters. The Morgan fingerprint density at radius 3 is 1.86 bits per heavy atom. The zero-order chi connectivity index (χ0) is 28.8. The molecule has 1 aliphatic heterocycles. The van der Waals surface area contributed by atoms with Gasteiger partial charge in [0, 0.05) is 23.9 Å². The number of aryl methyl sites for hydroxylation is 1. The molecule has 0 spiro atoms. The first-order valence-electron chi connectivity index (χ1n) is 14.9. The molecule has 1 aromatic heterocycles. The van der Waals surface area contributed by atoms with Gasteiger partial charge in [0.15, 0.2) is 0 Å². The maximum atomic E-state index is 5.05. The summed E-state index contributed by atoms with van der Waals surface area (Å²) >= 11 is 0. The standard InChI is InChI=1S/C41H30N2/c1-27-18-19-28-20-21-31(25-33(28)23-27)41-36-14-4-2-12-34(36)40(35-13-3-5-15-37(35)41)30-10-6-9-29(24-30)38-16-7-17-39(43-38)32-11-8-22-42-26-32/h2-21,23-26,42H,22H2,1H3. The molecule has 0 unspecified atom stereocenters. The van der Waals surface area contributed by atoms with Crippen molar-refractivity contribution in [1.82, 2.24) is 10.3 Å². The second-order valence-electron chi connectivity index (χ2n) is 11.3. The van der Waals surface area contributed by atoms with Crippen molar-refractivity contribution in [2.24, 2.45) is 0 Å². The van der Waals surface area contributed by atoms with Crippen molar-refractivity contribution in [3.05, 3.63) is 157 Å². The van der Waals surface area contributed by atoms with Gasteiger partial charge in [-0.1, -0.05) is 121 Å². The van der Waals surface area contributed by atoms with Gasteiger partial charge in [0.25, 0.3) is 0 Å². The molecule has 8 rings (SSSR count). The van der Waals surface area contributed by atoms with Crippen LogP contribution in [0.5, 0.6) is 0 Å². The molecule has 2 heteroatoms. The molecule has 204 valence electrons. The molecule has 1 aliphatic rings. The molecular weight excluding hydrogens is 520 g/mol. The number of benzene rings is 6. The fraction of sp³-hybridized carbons (Fsp3) is 0.0488. The molecule has 0 bridgehead atoms. The van der Waals surface area contributed by atoms with E-state index >= 15 is 0 Å². The van der Waals surface area contributed by atoms with Crippen LogP contribution in [0.3, 0.4) is 0 Å². The summed E-state index contributed by atoms with van der Waals surface area (Å²) in [6, 6.07) is 46.4. The summed E-state index contributed by atoms with van der Waals surface area (Å²) in [5, 5.41) is 10.9. The molecule has 0 amide bonds. The van der Waals surface area contributed by atoms with Gasteiger partial charge in [-0.05, 0) is 85.8 Å². The molecule has 0 saturated carbocycles. The molecule has 2 heterocycles. The molecule has 0 fully saturated rings. The normalized spacial score (nSPS) is 12.9. The van der Waals surface area contributed by atoms with Crippen LogP contribution in [0.1, 0.15) is 11.3 Å². The van der Waals surface area contributed by atoms with E-state index in [2.05, 4.69) is 152 Å². The first-order valence-corrected chi connectivity index (χ1v) is 14.9. The van der Waals surface area contributed by atoms with E-state index in [1.54, 1.807) is 0 Å². The average molecular weight is 551 g/mol. The van der Waals surface area contributed by atoms with Crippen LogP contribution < -0.4 is 5.32 Å². The van der Waals surface area contributed by atoms with E-state index in [1.165, 1.54) is 60.1 Å². The van der Waals surface area contributed by atoms with Gasteiger partial charge in [0.05, 0.1) is 11.4 Å². The number of hydrogen-bond donors (Lipinski definition) is 1. The first-order chi connectivity index (χ1) is 21.2. The lowest BCUT2D eigenvalue weighted by molar-refractivity contribution is 0.974. The Labute approximate surface area is 251 Å². The van der Waals surface area contributed by atoms with Gasteiger partial charge in [0.1, 0.15) is 0 Å². The van der Waals surface area contributed by atoms with E-state index in [0.29, 0.717) is 0 Å². The quantitative estimate of drug-likeness (QED) is 0.221. The SMILES string of the molecule is Cc1ccc2ccc(-c3c4ccccc4c(-c4cccc(-c5cccc(C6=CNCC=C6)n5)c4)c4ccccc34)cc2c1. The Hall–Kier alpha value is -5.47. The van der Waals surface area contributed by atoms with Crippen molar-refractivity contribution in [2.75, 3.05) is 6.54 Å². The Balaban J connectivity index is 1.34. The zero-order valence-electron chi connectivity index (χ0n) is 24.0. The van der Waals surface area contributed by atoms with Crippen LogP contribution in [-0.2, 0) is 0 Å². The summed E-state index contributed by atoms with van der Waals surface area (Å²) in [6.07, 6.45) is 6.30. The first kappa shape index (κ1) is 25.3. The van der Waals surface area contributed by atoms with Crippen LogP contribution in [0.4, 0.5) is 0 Å². The maximum Gasteiger partial charge on any atom is 0.0723 e. The van der Waals surface area contributed by atoms with E-state index in [0.717, 1.165) is 29.1 Å². The number of rotatable bonds is 4. The number of nitrogens with zero attached hydrogens (tertiary/aromatic N) is 1. The van der Waals surface area contributed by atoms with Crippen molar-refractivity contribution < 1.29 is 0 Å². The smallest absolute Gasteiger partial charge is 0.0723 e. The van der Waals surface area contributed by atoms with Gasteiger partial charge in [-0.3, -0.25) is 0 Å². The molecular formula is C41H30N2. The Kier molecular flexibility index (Phi) is 6.12. The number of fused-ring (bicyclic) bond motifs is 3. The number of hydrogen-bond acceptors (Lipinski definition) is 2. The van der Waals surface area contributed by atoms with Crippen LogP contribution >= 0.6 is 0 Å². The van der Waals surface area contributed by atoms with Gasteiger partial charge in [-0.25, -0.2) is 4.98 Å². The third kappa shape index (κ3) is 4.49. The summed E-state index contributed by atoms with van der Waals surface area (Å²) < 4.78 is 0. The number of pyridine rings is 1. The largest absolute Gasteiger partial charge is 0.387 e. The molecule has 1 N–H and O–H groups in total. The van der Waals surface area contributed by atoms with E-state index in [4.69, 9.17) is 4.98 Å². The minimum Gasteiger partial charge on any atom is -0.387 e. The Morgan fingerprint density at radius 2 is 1.16 bits per heavy atom. The van der Waals surface area contributed by atoms with E-state index in [9.17, 15) is 0 Å². The van der Waals surface area contributed by atoms with Gasteiger partial charge < -0.3 is 5.32 Å². The van der Waals surface area contributed by atoms with Crippen LogP contribution in [0.15, 0.2) is 146 Å². The van der Waals surface area contributed by atoms with E-state index in [-0.39, 0.29) is 0 Å². The lowest BCUT2D eigenvalue weighted by Crippen LogP contribution is -2.09. The fourth-order valence-electron chi connectivity index (χ4n) is 6.49.